The molecule has 1 aromatic carbocycles. The van der Waals surface area contributed by atoms with Crippen molar-refractivity contribution in [2.24, 2.45) is 0 Å². The zero-order chi connectivity index (χ0) is 19.5. The second-order valence-corrected chi connectivity index (χ2v) is 8.11. The van der Waals surface area contributed by atoms with E-state index in [1.54, 1.807) is 23.5 Å². The van der Waals surface area contributed by atoms with E-state index in [4.69, 9.17) is 14.8 Å². The lowest BCUT2D eigenvalue weighted by Gasteiger charge is -2.09. The Kier molecular flexibility index (Phi) is 5.43. The molecule has 0 aliphatic heterocycles. The number of benzene rings is 1. The van der Waals surface area contributed by atoms with Crippen LogP contribution in [0.2, 0.25) is 0 Å². The van der Waals surface area contributed by atoms with Gasteiger partial charge in [0.1, 0.15) is 16.4 Å². The van der Waals surface area contributed by atoms with Gasteiger partial charge in [-0.3, -0.25) is 9.59 Å². The Morgan fingerprint density at radius 1 is 1.14 bits per heavy atom. The third-order valence-corrected chi connectivity index (χ3v) is 6.22. The number of rotatable bonds is 5. The monoisotopic (exact) mass is 398 g/mol. The number of hydrogen-bond donors (Lipinski definition) is 2. The predicted octanol–water partition coefficient (Wildman–Crippen LogP) is 4.16. The first-order valence-corrected chi connectivity index (χ1v) is 10.4. The Balaban J connectivity index is 1.62. The van der Waals surface area contributed by atoms with Crippen LogP contribution < -0.4 is 10.3 Å². The first kappa shape index (κ1) is 18.7. The molecule has 2 aromatic heterocycles. The molecule has 0 atom stereocenters. The van der Waals surface area contributed by atoms with Crippen LogP contribution in [0.1, 0.15) is 42.5 Å². The average Bonchev–Trinajstić information content (AvgIpc) is 2.99. The third kappa shape index (κ3) is 3.94. The van der Waals surface area contributed by atoms with Gasteiger partial charge in [0.05, 0.1) is 18.4 Å². The maximum Gasteiger partial charge on any atom is 0.306 e. The van der Waals surface area contributed by atoms with E-state index < -0.39 is 5.97 Å². The Bertz CT molecular complexity index is 1050. The lowest BCUT2D eigenvalue weighted by molar-refractivity contribution is -0.137. The summed E-state index contributed by atoms with van der Waals surface area (Å²) in [4.78, 5) is 33.2. The highest BCUT2D eigenvalue weighted by Gasteiger charge is 2.18. The van der Waals surface area contributed by atoms with E-state index in [1.165, 1.54) is 29.7 Å². The highest BCUT2D eigenvalue weighted by atomic mass is 32.1. The number of aromatic amines is 1. The second kappa shape index (κ2) is 8.14. The first-order chi connectivity index (χ1) is 13.6. The number of nitrogens with zero attached hydrogens (tertiary/aromatic N) is 1. The molecule has 0 bridgehead atoms. The minimum atomic E-state index is -0.892. The van der Waals surface area contributed by atoms with E-state index in [9.17, 15) is 9.59 Å². The summed E-state index contributed by atoms with van der Waals surface area (Å²) in [5.41, 5.74) is 1.92. The molecule has 6 nitrogen and oxygen atoms in total. The number of thiophene rings is 1. The highest BCUT2D eigenvalue weighted by Crippen LogP contribution is 2.33. The number of H-pyrrole nitrogens is 1. The summed E-state index contributed by atoms with van der Waals surface area (Å²) >= 11 is 1.65. The van der Waals surface area contributed by atoms with Crippen LogP contribution in [0.4, 0.5) is 0 Å². The zero-order valence-corrected chi connectivity index (χ0v) is 16.3. The summed E-state index contributed by atoms with van der Waals surface area (Å²) in [5, 5.41) is 9.43. The molecular weight excluding hydrogens is 376 g/mol. The van der Waals surface area contributed by atoms with Gasteiger partial charge in [0.2, 0.25) is 0 Å². The van der Waals surface area contributed by atoms with E-state index in [1.807, 2.05) is 12.1 Å². The Hall–Kier alpha value is -2.67. The van der Waals surface area contributed by atoms with Crippen molar-refractivity contribution in [3.05, 3.63) is 45.1 Å². The van der Waals surface area contributed by atoms with E-state index in [0.717, 1.165) is 35.0 Å². The molecule has 4 rings (SSSR count). The molecule has 0 unspecified atom stereocenters. The molecule has 28 heavy (non-hydrogen) atoms. The van der Waals surface area contributed by atoms with Crippen LogP contribution in [0, 0.1) is 0 Å². The molecule has 7 heteroatoms. The van der Waals surface area contributed by atoms with Crippen molar-refractivity contribution < 1.29 is 14.6 Å². The van der Waals surface area contributed by atoms with E-state index >= 15 is 0 Å². The second-order valence-electron chi connectivity index (χ2n) is 7.03. The van der Waals surface area contributed by atoms with Gasteiger partial charge in [-0.05, 0) is 55.5 Å². The maximum atomic E-state index is 12.8. The molecule has 1 aliphatic rings. The van der Waals surface area contributed by atoms with Crippen molar-refractivity contribution in [1.82, 2.24) is 9.97 Å². The Morgan fingerprint density at radius 2 is 1.89 bits per heavy atom. The molecule has 3 aromatic rings. The molecule has 146 valence electrons. The van der Waals surface area contributed by atoms with Gasteiger partial charge in [-0.1, -0.05) is 12.8 Å². The maximum absolute atomic E-state index is 12.8. The van der Waals surface area contributed by atoms with Crippen molar-refractivity contribution in [2.75, 3.05) is 6.61 Å². The number of nitrogens with one attached hydrogen (secondary N) is 1. The number of aryl methyl sites for hydroxylation is 2. The van der Waals surface area contributed by atoms with Gasteiger partial charge < -0.3 is 14.8 Å². The normalized spacial score (nSPS) is 14.3. The van der Waals surface area contributed by atoms with Crippen molar-refractivity contribution in [3.63, 3.8) is 0 Å². The molecule has 0 saturated carbocycles. The topological polar surface area (TPSA) is 92.3 Å². The molecule has 0 radical (unpaired) electrons. The number of carboxylic acids is 1. The standard InChI is InChI=1S/C21H22N2O4S/c24-17(25)11-12-27-14-9-7-13(8-10-14)19-22-20(26)18-15-5-3-1-2-4-6-16(15)28-21(18)23-19/h7-10H,1-6,11-12H2,(H,24,25)(H,22,23,26). The largest absolute Gasteiger partial charge is 0.493 e. The van der Waals surface area contributed by atoms with Crippen LogP contribution in [-0.4, -0.2) is 27.7 Å². The average molecular weight is 398 g/mol. The van der Waals surface area contributed by atoms with Gasteiger partial charge in [0.25, 0.3) is 5.56 Å². The quantitative estimate of drug-likeness (QED) is 0.673. The number of aromatic nitrogens is 2. The van der Waals surface area contributed by atoms with E-state index in [2.05, 4.69) is 4.98 Å². The number of hydrogen-bond acceptors (Lipinski definition) is 5. The van der Waals surface area contributed by atoms with Crippen molar-refractivity contribution >= 4 is 27.5 Å². The minimum Gasteiger partial charge on any atom is -0.493 e. The summed E-state index contributed by atoms with van der Waals surface area (Å²) in [7, 11) is 0. The van der Waals surface area contributed by atoms with Crippen LogP contribution in [-0.2, 0) is 17.6 Å². The molecule has 0 fully saturated rings. The molecule has 2 N–H and O–H groups in total. The SMILES string of the molecule is O=C(O)CCOc1ccc(-c2nc3sc4c(c3c(=O)[nH]2)CCCCCC4)cc1. The van der Waals surface area contributed by atoms with Crippen LogP contribution in [0.25, 0.3) is 21.6 Å². The number of ether oxygens (including phenoxy) is 1. The van der Waals surface area contributed by atoms with Crippen molar-refractivity contribution in [1.29, 1.82) is 0 Å². The molecule has 0 amide bonds. The Morgan fingerprint density at radius 3 is 2.64 bits per heavy atom. The summed E-state index contributed by atoms with van der Waals surface area (Å²) in [6.45, 7) is 0.121. The fourth-order valence-electron chi connectivity index (χ4n) is 3.62. The lowest BCUT2D eigenvalue weighted by atomic mass is 9.98. The highest BCUT2D eigenvalue weighted by molar-refractivity contribution is 7.18. The molecule has 0 spiro atoms. The number of carbonyl (C=O) groups is 1. The molecule has 1 aliphatic carbocycles. The van der Waals surface area contributed by atoms with Gasteiger partial charge in [-0.25, -0.2) is 4.98 Å². The van der Waals surface area contributed by atoms with Gasteiger partial charge in [-0.15, -0.1) is 11.3 Å². The minimum absolute atomic E-state index is 0.0453. The fourth-order valence-corrected chi connectivity index (χ4v) is 4.88. The summed E-state index contributed by atoms with van der Waals surface area (Å²) < 4.78 is 5.41. The van der Waals surface area contributed by atoms with Crippen LogP contribution in [0.5, 0.6) is 5.75 Å². The molecule has 0 saturated heterocycles. The summed E-state index contributed by atoms with van der Waals surface area (Å²) in [6, 6.07) is 7.16. The van der Waals surface area contributed by atoms with Crippen LogP contribution in [0.3, 0.4) is 0 Å². The van der Waals surface area contributed by atoms with Crippen molar-refractivity contribution in [2.45, 2.75) is 44.9 Å². The van der Waals surface area contributed by atoms with Crippen LogP contribution >= 0.6 is 11.3 Å². The fraction of sp³-hybridized carbons (Fsp3) is 0.381. The van der Waals surface area contributed by atoms with Gasteiger partial charge in [-0.2, -0.15) is 0 Å². The summed E-state index contributed by atoms with van der Waals surface area (Å²) in [5.74, 6) is 0.244. The molecule has 2 heterocycles. The Labute approximate surface area is 166 Å². The predicted molar refractivity (Wildman–Crippen MR) is 109 cm³/mol. The number of fused-ring (bicyclic) bond motifs is 3. The number of carboxylic acid groups (broad SMARTS) is 1. The molecular formula is C21H22N2O4S. The first-order valence-electron chi connectivity index (χ1n) is 9.61. The van der Waals surface area contributed by atoms with Crippen LogP contribution in [0.15, 0.2) is 29.1 Å². The zero-order valence-electron chi connectivity index (χ0n) is 15.5. The van der Waals surface area contributed by atoms with Crippen molar-refractivity contribution in [3.8, 4) is 17.1 Å². The third-order valence-electron chi connectivity index (χ3n) is 5.04. The van der Waals surface area contributed by atoms with Gasteiger partial charge in [0.15, 0.2) is 0 Å². The smallest absolute Gasteiger partial charge is 0.306 e. The van der Waals surface area contributed by atoms with Gasteiger partial charge >= 0.3 is 5.97 Å². The van der Waals surface area contributed by atoms with E-state index in [0.29, 0.717) is 11.6 Å². The lowest BCUT2D eigenvalue weighted by Crippen LogP contribution is -2.10. The van der Waals surface area contributed by atoms with E-state index in [-0.39, 0.29) is 18.6 Å². The number of aliphatic carboxylic acids is 1. The summed E-state index contributed by atoms with van der Waals surface area (Å²) in [6.07, 6.45) is 6.73. The van der Waals surface area contributed by atoms with Gasteiger partial charge in [0, 0.05) is 10.4 Å².